The Hall–Kier alpha value is -2.89. The highest BCUT2D eigenvalue weighted by Crippen LogP contribution is 2.24. The fourth-order valence-electron chi connectivity index (χ4n) is 2.33. The van der Waals surface area contributed by atoms with Gasteiger partial charge in [-0.3, -0.25) is 4.68 Å². The Kier molecular flexibility index (Phi) is 3.74. The molecule has 0 aliphatic carbocycles. The normalized spacial score (nSPS) is 10.6. The Morgan fingerprint density at radius 3 is 2.55 bits per heavy atom. The lowest BCUT2D eigenvalue weighted by molar-refractivity contribution is 0.414. The van der Waals surface area contributed by atoms with E-state index in [1.54, 1.807) is 19.5 Å². The van der Waals surface area contributed by atoms with Gasteiger partial charge in [0.25, 0.3) is 0 Å². The first-order chi connectivity index (χ1) is 10.7. The van der Waals surface area contributed by atoms with Crippen molar-refractivity contribution in [3.05, 3.63) is 53.9 Å². The summed E-state index contributed by atoms with van der Waals surface area (Å²) in [6.45, 7) is 2.61. The third-order valence-corrected chi connectivity index (χ3v) is 3.50. The van der Waals surface area contributed by atoms with Gasteiger partial charge in [0.15, 0.2) is 0 Å². The van der Waals surface area contributed by atoms with Crippen LogP contribution in [0.4, 0.5) is 5.82 Å². The van der Waals surface area contributed by atoms with Crippen molar-refractivity contribution >= 4 is 5.82 Å². The standard InChI is InChI=1S/C16H17N5O/c1-11-8-18-19-9-14(11)15-7-16(17)20-21(15)10-12-3-5-13(22-2)6-4-12/h3-9H,10H2,1-2H3,(H2,17,20). The summed E-state index contributed by atoms with van der Waals surface area (Å²) < 4.78 is 7.05. The first-order valence-corrected chi connectivity index (χ1v) is 6.91. The van der Waals surface area contributed by atoms with Gasteiger partial charge < -0.3 is 10.5 Å². The molecule has 2 aromatic heterocycles. The minimum Gasteiger partial charge on any atom is -0.497 e. The minimum absolute atomic E-state index is 0.486. The van der Waals surface area contributed by atoms with E-state index in [9.17, 15) is 0 Å². The van der Waals surface area contributed by atoms with Crippen LogP contribution in [0.1, 0.15) is 11.1 Å². The smallest absolute Gasteiger partial charge is 0.146 e. The van der Waals surface area contributed by atoms with Gasteiger partial charge in [-0.25, -0.2) is 0 Å². The fourth-order valence-corrected chi connectivity index (χ4v) is 2.33. The number of hydrogen-bond donors (Lipinski definition) is 1. The van der Waals surface area contributed by atoms with Crippen LogP contribution in [0, 0.1) is 6.92 Å². The summed E-state index contributed by atoms with van der Waals surface area (Å²) in [4.78, 5) is 0. The van der Waals surface area contributed by atoms with Crippen molar-refractivity contribution < 1.29 is 4.74 Å². The van der Waals surface area contributed by atoms with Crippen LogP contribution in [0.5, 0.6) is 5.75 Å². The molecule has 112 valence electrons. The van der Waals surface area contributed by atoms with Crippen LogP contribution in [0.2, 0.25) is 0 Å². The van der Waals surface area contributed by atoms with E-state index in [4.69, 9.17) is 10.5 Å². The van der Waals surface area contributed by atoms with Crippen molar-refractivity contribution in [3.8, 4) is 17.0 Å². The molecule has 6 heteroatoms. The third-order valence-electron chi connectivity index (χ3n) is 3.50. The van der Waals surface area contributed by atoms with Gasteiger partial charge in [0.2, 0.25) is 0 Å². The molecule has 0 unspecified atom stereocenters. The summed E-state index contributed by atoms with van der Waals surface area (Å²) in [6.07, 6.45) is 3.46. The lowest BCUT2D eigenvalue weighted by Gasteiger charge is -2.09. The van der Waals surface area contributed by atoms with E-state index >= 15 is 0 Å². The minimum atomic E-state index is 0.486. The molecule has 0 bridgehead atoms. The van der Waals surface area contributed by atoms with Gasteiger partial charge in [-0.05, 0) is 30.2 Å². The van der Waals surface area contributed by atoms with Crippen molar-refractivity contribution in [1.82, 2.24) is 20.0 Å². The number of nitrogen functional groups attached to an aromatic ring is 1. The summed E-state index contributed by atoms with van der Waals surface area (Å²) in [6, 6.07) is 9.74. The summed E-state index contributed by atoms with van der Waals surface area (Å²) in [5.41, 5.74) is 9.94. The largest absolute Gasteiger partial charge is 0.497 e. The van der Waals surface area contributed by atoms with Gasteiger partial charge in [-0.15, -0.1) is 0 Å². The highest BCUT2D eigenvalue weighted by atomic mass is 16.5. The van der Waals surface area contributed by atoms with Crippen LogP contribution in [0.15, 0.2) is 42.7 Å². The topological polar surface area (TPSA) is 78.9 Å². The molecule has 0 saturated carbocycles. The molecule has 0 aliphatic rings. The van der Waals surface area contributed by atoms with Crippen LogP contribution in [-0.2, 0) is 6.54 Å². The average molecular weight is 295 g/mol. The molecule has 0 saturated heterocycles. The number of nitrogens with two attached hydrogens (primary N) is 1. The molecule has 1 aromatic carbocycles. The monoisotopic (exact) mass is 295 g/mol. The van der Waals surface area contributed by atoms with Gasteiger partial charge in [-0.1, -0.05) is 12.1 Å². The zero-order chi connectivity index (χ0) is 15.5. The fraction of sp³-hybridized carbons (Fsp3) is 0.188. The number of benzene rings is 1. The van der Waals surface area contributed by atoms with E-state index in [0.717, 1.165) is 28.1 Å². The quantitative estimate of drug-likeness (QED) is 0.799. The molecule has 3 aromatic rings. The third kappa shape index (κ3) is 2.76. The number of rotatable bonds is 4. The second kappa shape index (κ2) is 5.85. The van der Waals surface area contributed by atoms with E-state index in [-0.39, 0.29) is 0 Å². The zero-order valence-corrected chi connectivity index (χ0v) is 12.5. The Balaban J connectivity index is 1.96. The predicted molar refractivity (Wildman–Crippen MR) is 84.5 cm³/mol. The Labute approximate surface area is 128 Å². The van der Waals surface area contributed by atoms with Crippen LogP contribution >= 0.6 is 0 Å². The van der Waals surface area contributed by atoms with Gasteiger partial charge in [0, 0.05) is 11.6 Å². The molecular formula is C16H17N5O. The van der Waals surface area contributed by atoms with Crippen molar-refractivity contribution in [2.75, 3.05) is 12.8 Å². The lowest BCUT2D eigenvalue weighted by Crippen LogP contribution is -2.05. The SMILES string of the molecule is COc1ccc(Cn2nc(N)cc2-c2cnncc2C)cc1. The summed E-state index contributed by atoms with van der Waals surface area (Å²) in [5, 5.41) is 12.2. The number of nitrogens with zero attached hydrogens (tertiary/aromatic N) is 4. The van der Waals surface area contributed by atoms with Gasteiger partial charge in [-0.2, -0.15) is 15.3 Å². The van der Waals surface area contributed by atoms with Crippen LogP contribution in [0.25, 0.3) is 11.3 Å². The highest BCUT2D eigenvalue weighted by Gasteiger charge is 2.11. The van der Waals surface area contributed by atoms with E-state index in [1.807, 2.05) is 41.9 Å². The van der Waals surface area contributed by atoms with Gasteiger partial charge >= 0.3 is 0 Å². The molecule has 3 rings (SSSR count). The molecule has 0 atom stereocenters. The molecule has 0 spiro atoms. The second-order valence-electron chi connectivity index (χ2n) is 5.05. The molecule has 6 nitrogen and oxygen atoms in total. The lowest BCUT2D eigenvalue weighted by atomic mass is 10.1. The molecular weight excluding hydrogens is 278 g/mol. The molecule has 2 N–H and O–H groups in total. The second-order valence-corrected chi connectivity index (χ2v) is 5.05. The maximum absolute atomic E-state index is 5.88. The Morgan fingerprint density at radius 1 is 1.14 bits per heavy atom. The maximum Gasteiger partial charge on any atom is 0.146 e. The van der Waals surface area contributed by atoms with E-state index < -0.39 is 0 Å². The first kappa shape index (κ1) is 14.1. The predicted octanol–water partition coefficient (Wildman–Crippen LogP) is 2.29. The summed E-state index contributed by atoms with van der Waals surface area (Å²) >= 11 is 0. The maximum atomic E-state index is 5.88. The van der Waals surface area contributed by atoms with Crippen molar-refractivity contribution in [2.24, 2.45) is 0 Å². The number of aromatic nitrogens is 4. The number of hydrogen-bond acceptors (Lipinski definition) is 5. The number of anilines is 1. The van der Waals surface area contributed by atoms with E-state index in [1.165, 1.54) is 0 Å². The van der Waals surface area contributed by atoms with Crippen LogP contribution in [0.3, 0.4) is 0 Å². The zero-order valence-electron chi connectivity index (χ0n) is 12.5. The summed E-state index contributed by atoms with van der Waals surface area (Å²) in [5.74, 6) is 1.32. The average Bonchev–Trinajstić information content (AvgIpc) is 2.89. The Bertz CT molecular complexity index is 779. The first-order valence-electron chi connectivity index (χ1n) is 6.91. The summed E-state index contributed by atoms with van der Waals surface area (Å²) in [7, 11) is 1.65. The molecule has 0 aliphatic heterocycles. The number of aryl methyl sites for hydroxylation is 1. The molecule has 2 heterocycles. The van der Waals surface area contributed by atoms with Crippen molar-refractivity contribution in [1.29, 1.82) is 0 Å². The highest BCUT2D eigenvalue weighted by molar-refractivity contribution is 5.65. The molecule has 0 fully saturated rings. The Morgan fingerprint density at radius 2 is 1.86 bits per heavy atom. The molecule has 0 amide bonds. The van der Waals surface area contributed by atoms with E-state index in [0.29, 0.717) is 12.4 Å². The van der Waals surface area contributed by atoms with E-state index in [2.05, 4.69) is 15.3 Å². The van der Waals surface area contributed by atoms with Crippen LogP contribution < -0.4 is 10.5 Å². The molecule has 0 radical (unpaired) electrons. The number of ether oxygens (including phenoxy) is 1. The number of methoxy groups -OCH3 is 1. The van der Waals surface area contributed by atoms with Crippen molar-refractivity contribution in [3.63, 3.8) is 0 Å². The van der Waals surface area contributed by atoms with Crippen molar-refractivity contribution in [2.45, 2.75) is 13.5 Å². The molecule has 22 heavy (non-hydrogen) atoms. The van der Waals surface area contributed by atoms with Gasteiger partial charge in [0.1, 0.15) is 11.6 Å². The van der Waals surface area contributed by atoms with Crippen LogP contribution in [-0.4, -0.2) is 27.1 Å². The van der Waals surface area contributed by atoms with Gasteiger partial charge in [0.05, 0.1) is 31.7 Å².